The zero-order chi connectivity index (χ0) is 21.5. The molecule has 2 aromatic rings. The Balaban J connectivity index is 1.96. The van der Waals surface area contributed by atoms with Gasteiger partial charge in [0.2, 0.25) is 0 Å². The average molecular weight is 427 g/mol. The summed E-state index contributed by atoms with van der Waals surface area (Å²) in [5, 5.41) is 0.834. The number of anilines is 1. The molecule has 0 amide bonds. The van der Waals surface area contributed by atoms with Gasteiger partial charge in [0.15, 0.2) is 0 Å². The first-order chi connectivity index (χ1) is 14.5. The van der Waals surface area contributed by atoms with Crippen molar-refractivity contribution in [1.82, 2.24) is 4.90 Å². The highest BCUT2D eigenvalue weighted by Gasteiger charge is 2.33. The van der Waals surface area contributed by atoms with E-state index in [1.165, 1.54) is 11.1 Å². The fourth-order valence-electron chi connectivity index (χ4n) is 4.59. The maximum absolute atomic E-state index is 6.75. The van der Waals surface area contributed by atoms with Gasteiger partial charge in [-0.25, -0.2) is 0 Å². The van der Waals surface area contributed by atoms with Crippen molar-refractivity contribution in [3.05, 3.63) is 76.8 Å². The van der Waals surface area contributed by atoms with E-state index in [0.29, 0.717) is 17.9 Å². The molecule has 0 aromatic heterocycles. The fourth-order valence-corrected chi connectivity index (χ4v) is 4.93. The van der Waals surface area contributed by atoms with Crippen molar-refractivity contribution in [2.75, 3.05) is 38.3 Å². The quantitative estimate of drug-likeness (QED) is 0.519. The molecule has 162 valence electrons. The second-order valence-corrected chi connectivity index (χ2v) is 8.97. The van der Waals surface area contributed by atoms with E-state index >= 15 is 0 Å². The number of hydrogen-bond acceptors (Lipinski definition) is 3. The predicted octanol–water partition coefficient (Wildman–Crippen LogP) is 5.81. The van der Waals surface area contributed by atoms with Crippen LogP contribution in [-0.4, -0.2) is 44.3 Å². The number of ether oxygens (including phenoxy) is 1. The number of methoxy groups -OCH3 is 1. The zero-order valence-corrected chi connectivity index (χ0v) is 19.5. The first kappa shape index (κ1) is 22.9. The smallest absolute Gasteiger partial charge is 0.0642 e. The maximum Gasteiger partial charge on any atom is 0.0642 e. The Morgan fingerprint density at radius 3 is 2.57 bits per heavy atom. The summed E-state index contributed by atoms with van der Waals surface area (Å²) in [4.78, 5) is 5.12. The van der Waals surface area contributed by atoms with Crippen molar-refractivity contribution in [3.8, 4) is 0 Å². The van der Waals surface area contributed by atoms with Crippen LogP contribution in [0, 0.1) is 18.8 Å². The Labute approximate surface area is 187 Å². The number of benzene rings is 2. The Bertz CT molecular complexity index is 823. The van der Waals surface area contributed by atoms with E-state index in [1.54, 1.807) is 7.11 Å². The summed E-state index contributed by atoms with van der Waals surface area (Å²) in [6.45, 7) is 11.2. The molecule has 1 heterocycles. The predicted molar refractivity (Wildman–Crippen MR) is 128 cm³/mol. The molecule has 1 aliphatic rings. The molecule has 0 bridgehead atoms. The highest BCUT2D eigenvalue weighted by atomic mass is 35.5. The summed E-state index contributed by atoms with van der Waals surface area (Å²) in [6, 6.07) is 17.5. The van der Waals surface area contributed by atoms with Gasteiger partial charge in [-0.05, 0) is 43.0 Å². The van der Waals surface area contributed by atoms with Crippen molar-refractivity contribution < 1.29 is 4.74 Å². The normalized spacial score (nSPS) is 21.7. The van der Waals surface area contributed by atoms with E-state index in [4.69, 9.17) is 16.3 Å². The molecule has 0 aliphatic carbocycles. The summed E-state index contributed by atoms with van der Waals surface area (Å²) in [6.07, 6.45) is 4.48. The lowest BCUT2D eigenvalue weighted by molar-refractivity contribution is 0.129. The average Bonchev–Trinajstić information content (AvgIpc) is 2.89. The highest BCUT2D eigenvalue weighted by Crippen LogP contribution is 2.33. The molecule has 0 saturated carbocycles. The van der Waals surface area contributed by atoms with Gasteiger partial charge in [0.25, 0.3) is 0 Å². The van der Waals surface area contributed by atoms with Gasteiger partial charge in [-0.1, -0.05) is 67.1 Å². The molecule has 3 nitrogen and oxygen atoms in total. The minimum atomic E-state index is 0.340. The standard InChI is InChI=1S/C26H35ClN2O/c1-5-9-21(3)26-18-28(15-22-10-7-6-8-11-22)16-23(19-30-4)17-29(26)25-13-12-20(2)14-24(25)27/h5-14,21,23,26H,15-19H2,1-4H3/b9-5-. The van der Waals surface area contributed by atoms with Gasteiger partial charge in [-0.3, -0.25) is 4.90 Å². The Morgan fingerprint density at radius 1 is 1.13 bits per heavy atom. The highest BCUT2D eigenvalue weighted by molar-refractivity contribution is 6.33. The van der Waals surface area contributed by atoms with Gasteiger partial charge < -0.3 is 9.64 Å². The van der Waals surface area contributed by atoms with Crippen LogP contribution in [0.15, 0.2) is 60.7 Å². The van der Waals surface area contributed by atoms with Crippen molar-refractivity contribution >= 4 is 17.3 Å². The molecular formula is C26H35ClN2O. The minimum Gasteiger partial charge on any atom is -0.384 e. The molecule has 0 radical (unpaired) electrons. The van der Waals surface area contributed by atoms with Crippen LogP contribution in [0.4, 0.5) is 5.69 Å². The van der Waals surface area contributed by atoms with E-state index in [9.17, 15) is 0 Å². The van der Waals surface area contributed by atoms with E-state index in [1.807, 2.05) is 0 Å². The zero-order valence-electron chi connectivity index (χ0n) is 18.7. The van der Waals surface area contributed by atoms with Gasteiger partial charge in [-0.15, -0.1) is 0 Å². The molecule has 1 aliphatic heterocycles. The molecule has 4 heteroatoms. The summed E-state index contributed by atoms with van der Waals surface area (Å²) >= 11 is 6.75. The maximum atomic E-state index is 6.75. The lowest BCUT2D eigenvalue weighted by Gasteiger charge is -2.37. The van der Waals surface area contributed by atoms with Crippen molar-refractivity contribution in [1.29, 1.82) is 0 Å². The van der Waals surface area contributed by atoms with Crippen LogP contribution in [0.5, 0.6) is 0 Å². The van der Waals surface area contributed by atoms with E-state index in [-0.39, 0.29) is 0 Å². The summed E-state index contributed by atoms with van der Waals surface area (Å²) < 4.78 is 5.61. The lowest BCUT2D eigenvalue weighted by atomic mass is 9.98. The van der Waals surface area contributed by atoms with Gasteiger partial charge >= 0.3 is 0 Å². The third kappa shape index (κ3) is 5.87. The van der Waals surface area contributed by atoms with E-state index in [0.717, 1.165) is 43.5 Å². The van der Waals surface area contributed by atoms with E-state index < -0.39 is 0 Å². The van der Waals surface area contributed by atoms with Crippen LogP contribution < -0.4 is 4.90 Å². The monoisotopic (exact) mass is 426 g/mol. The van der Waals surface area contributed by atoms with Crippen LogP contribution in [0.1, 0.15) is 25.0 Å². The number of hydrogen-bond donors (Lipinski definition) is 0. The third-order valence-electron chi connectivity index (χ3n) is 5.98. The summed E-state index contributed by atoms with van der Waals surface area (Å²) in [5.41, 5.74) is 3.68. The molecule has 3 unspecified atom stereocenters. The number of halogens is 1. The number of aryl methyl sites for hydroxylation is 1. The van der Waals surface area contributed by atoms with Crippen LogP contribution in [0.3, 0.4) is 0 Å². The molecule has 30 heavy (non-hydrogen) atoms. The topological polar surface area (TPSA) is 15.7 Å². The number of allylic oxidation sites excluding steroid dienone is 1. The molecule has 0 spiro atoms. The van der Waals surface area contributed by atoms with Crippen LogP contribution in [-0.2, 0) is 11.3 Å². The number of nitrogens with zero attached hydrogens (tertiary/aromatic N) is 2. The fraction of sp³-hybridized carbons (Fsp3) is 0.462. The van der Waals surface area contributed by atoms with Crippen molar-refractivity contribution in [3.63, 3.8) is 0 Å². The van der Waals surface area contributed by atoms with Gasteiger partial charge in [0.05, 0.1) is 17.3 Å². The minimum absolute atomic E-state index is 0.340. The Hall–Kier alpha value is -1.81. The first-order valence-electron chi connectivity index (χ1n) is 10.9. The van der Waals surface area contributed by atoms with Crippen molar-refractivity contribution in [2.24, 2.45) is 11.8 Å². The molecular weight excluding hydrogens is 392 g/mol. The largest absolute Gasteiger partial charge is 0.384 e. The van der Waals surface area contributed by atoms with E-state index in [2.05, 4.69) is 91.3 Å². The lowest BCUT2D eigenvalue weighted by Crippen LogP contribution is -2.45. The van der Waals surface area contributed by atoms with Gasteiger partial charge in [0.1, 0.15) is 0 Å². The Morgan fingerprint density at radius 2 is 1.90 bits per heavy atom. The van der Waals surface area contributed by atoms with Crippen LogP contribution in [0.2, 0.25) is 5.02 Å². The van der Waals surface area contributed by atoms with Gasteiger partial charge in [-0.2, -0.15) is 0 Å². The molecule has 1 fully saturated rings. The Kier molecular flexibility index (Phi) is 8.38. The second-order valence-electron chi connectivity index (χ2n) is 8.56. The van der Waals surface area contributed by atoms with Crippen LogP contribution in [0.25, 0.3) is 0 Å². The number of rotatable bonds is 7. The van der Waals surface area contributed by atoms with Crippen LogP contribution >= 0.6 is 11.6 Å². The molecule has 1 saturated heterocycles. The summed E-state index contributed by atoms with van der Waals surface area (Å²) in [5.74, 6) is 0.825. The SMILES string of the molecule is C/C=C\C(C)C1CN(Cc2ccccc2)CC(COC)CN1c1ccc(C)cc1Cl. The third-order valence-corrected chi connectivity index (χ3v) is 6.29. The molecule has 0 N–H and O–H groups in total. The van der Waals surface area contributed by atoms with Crippen molar-refractivity contribution in [2.45, 2.75) is 33.4 Å². The second kappa shape index (κ2) is 11.0. The molecule has 2 aromatic carbocycles. The van der Waals surface area contributed by atoms with Gasteiger partial charge in [0, 0.05) is 45.2 Å². The molecule has 3 rings (SSSR count). The molecule has 3 atom stereocenters. The summed E-state index contributed by atoms with van der Waals surface area (Å²) in [7, 11) is 1.80. The first-order valence-corrected chi connectivity index (χ1v) is 11.3.